The van der Waals surface area contributed by atoms with Crippen molar-refractivity contribution < 1.29 is 13.5 Å². The molecule has 2 rings (SSSR count). The van der Waals surface area contributed by atoms with Gasteiger partial charge in [0.15, 0.2) is 0 Å². The second kappa shape index (κ2) is 4.76. The Bertz CT molecular complexity index is 498. The van der Waals surface area contributed by atoms with Crippen LogP contribution in [0, 0.1) is 5.92 Å². The molecule has 17 heavy (non-hydrogen) atoms. The van der Waals surface area contributed by atoms with E-state index in [4.69, 9.17) is 5.14 Å². The van der Waals surface area contributed by atoms with E-state index < -0.39 is 10.0 Å². The van der Waals surface area contributed by atoms with Crippen LogP contribution in [0.15, 0.2) is 29.2 Å². The van der Waals surface area contributed by atoms with Gasteiger partial charge >= 0.3 is 0 Å². The van der Waals surface area contributed by atoms with E-state index in [0.29, 0.717) is 0 Å². The number of aliphatic hydroxyl groups excluding tert-OH is 1. The summed E-state index contributed by atoms with van der Waals surface area (Å²) in [5, 5.41) is 14.5. The maximum atomic E-state index is 11.5. The lowest BCUT2D eigenvalue weighted by molar-refractivity contribution is 0.216. The largest absolute Gasteiger partial charge is 0.396 e. The van der Waals surface area contributed by atoms with E-state index >= 15 is 0 Å². The third-order valence-corrected chi connectivity index (χ3v) is 4.50. The Labute approximate surface area is 102 Å². The molecule has 1 aliphatic rings. The monoisotopic (exact) mass is 255 g/mol. The van der Waals surface area contributed by atoms with E-state index in [1.165, 1.54) is 6.07 Å². The maximum Gasteiger partial charge on any atom is 0.238 e. The minimum absolute atomic E-state index is 0.101. The van der Waals surface area contributed by atoms with Gasteiger partial charge < -0.3 is 5.11 Å². The molecule has 2 atom stereocenters. The van der Waals surface area contributed by atoms with Gasteiger partial charge in [-0.3, -0.25) is 0 Å². The minimum Gasteiger partial charge on any atom is -0.396 e. The van der Waals surface area contributed by atoms with Crippen LogP contribution >= 0.6 is 0 Å². The van der Waals surface area contributed by atoms with E-state index in [2.05, 4.69) is 0 Å². The number of nitrogens with two attached hydrogens (primary N) is 1. The molecule has 0 spiro atoms. The zero-order valence-electron chi connectivity index (χ0n) is 9.54. The van der Waals surface area contributed by atoms with Crippen molar-refractivity contribution in [2.24, 2.45) is 11.1 Å². The van der Waals surface area contributed by atoms with Crippen LogP contribution in [0.3, 0.4) is 0 Å². The molecular formula is C12H17NO3S. The molecule has 0 aromatic heterocycles. The van der Waals surface area contributed by atoms with Crippen LogP contribution in [-0.2, 0) is 10.0 Å². The van der Waals surface area contributed by atoms with Crippen molar-refractivity contribution >= 4 is 10.0 Å². The fraction of sp³-hybridized carbons (Fsp3) is 0.500. The molecule has 0 saturated heterocycles. The molecule has 1 aromatic rings. The lowest BCUT2D eigenvalue weighted by Crippen LogP contribution is -2.18. The summed E-state index contributed by atoms with van der Waals surface area (Å²) in [4.78, 5) is 0.199. The van der Waals surface area contributed by atoms with Crippen LogP contribution in [0.2, 0.25) is 0 Å². The summed E-state index contributed by atoms with van der Waals surface area (Å²) in [6.45, 7) is 0.101. The van der Waals surface area contributed by atoms with E-state index in [9.17, 15) is 13.5 Å². The van der Waals surface area contributed by atoms with Crippen LogP contribution in [0.25, 0.3) is 0 Å². The van der Waals surface area contributed by atoms with Crippen LogP contribution in [-0.4, -0.2) is 20.1 Å². The van der Waals surface area contributed by atoms with E-state index in [1.54, 1.807) is 12.1 Å². The van der Waals surface area contributed by atoms with Gasteiger partial charge in [-0.2, -0.15) is 0 Å². The first kappa shape index (κ1) is 12.5. The van der Waals surface area contributed by atoms with Crippen LogP contribution in [0.5, 0.6) is 0 Å². The van der Waals surface area contributed by atoms with Crippen molar-refractivity contribution in [3.8, 4) is 0 Å². The van der Waals surface area contributed by atoms with Gasteiger partial charge in [-0.25, -0.2) is 13.6 Å². The molecule has 4 nitrogen and oxygen atoms in total. The Morgan fingerprint density at radius 2 is 2.00 bits per heavy atom. The maximum absolute atomic E-state index is 11.5. The van der Waals surface area contributed by atoms with Gasteiger partial charge in [0.25, 0.3) is 0 Å². The molecule has 0 unspecified atom stereocenters. The lowest BCUT2D eigenvalue weighted by atomic mass is 9.89. The minimum atomic E-state index is -3.68. The third-order valence-electron chi connectivity index (χ3n) is 3.52. The second-order valence-corrected chi connectivity index (χ2v) is 6.09. The summed E-state index contributed by atoms with van der Waals surface area (Å²) in [6.07, 6.45) is 2.88. The molecule has 0 heterocycles. The SMILES string of the molecule is NS(=O)(=O)c1ccccc1[C@@H]1CCC[C@@H]1CO. The number of primary sulfonamides is 1. The van der Waals surface area contributed by atoms with Crippen molar-refractivity contribution in [2.45, 2.75) is 30.1 Å². The summed E-state index contributed by atoms with van der Waals surface area (Å²) in [7, 11) is -3.68. The first-order valence-electron chi connectivity index (χ1n) is 5.76. The smallest absolute Gasteiger partial charge is 0.238 e. The Balaban J connectivity index is 2.45. The number of hydrogen-bond donors (Lipinski definition) is 2. The Kier molecular flexibility index (Phi) is 3.51. The van der Waals surface area contributed by atoms with Crippen LogP contribution in [0.1, 0.15) is 30.7 Å². The second-order valence-electron chi connectivity index (χ2n) is 4.56. The Morgan fingerprint density at radius 3 is 2.65 bits per heavy atom. The fourth-order valence-electron chi connectivity index (χ4n) is 2.71. The average molecular weight is 255 g/mol. The van der Waals surface area contributed by atoms with Crippen LogP contribution < -0.4 is 5.14 Å². The summed E-state index contributed by atoms with van der Waals surface area (Å²) in [6, 6.07) is 6.83. The van der Waals surface area contributed by atoms with Crippen molar-refractivity contribution in [1.82, 2.24) is 0 Å². The quantitative estimate of drug-likeness (QED) is 0.852. The highest BCUT2D eigenvalue weighted by Crippen LogP contribution is 2.41. The first-order chi connectivity index (χ1) is 8.04. The molecule has 1 fully saturated rings. The number of sulfonamides is 1. The number of aliphatic hydroxyl groups is 1. The highest BCUT2D eigenvalue weighted by Gasteiger charge is 2.31. The van der Waals surface area contributed by atoms with Crippen molar-refractivity contribution in [1.29, 1.82) is 0 Å². The third kappa shape index (κ3) is 2.51. The van der Waals surface area contributed by atoms with Gasteiger partial charge in [-0.1, -0.05) is 24.6 Å². The standard InChI is InChI=1S/C12H17NO3S/c13-17(15,16)12-7-2-1-5-11(12)10-6-3-4-9(10)8-14/h1-2,5,7,9-10,14H,3-4,6,8H2,(H2,13,15,16)/t9-,10-/m1/s1. The number of hydrogen-bond acceptors (Lipinski definition) is 3. The fourth-order valence-corrected chi connectivity index (χ4v) is 3.53. The Hall–Kier alpha value is -0.910. The first-order valence-corrected chi connectivity index (χ1v) is 7.31. The predicted molar refractivity (Wildman–Crippen MR) is 65.0 cm³/mol. The zero-order valence-corrected chi connectivity index (χ0v) is 10.4. The van der Waals surface area contributed by atoms with Gasteiger partial charge in [0.1, 0.15) is 0 Å². The van der Waals surface area contributed by atoms with Gasteiger partial charge in [-0.05, 0) is 36.3 Å². The van der Waals surface area contributed by atoms with Crippen molar-refractivity contribution in [3.63, 3.8) is 0 Å². The van der Waals surface area contributed by atoms with E-state index in [1.807, 2.05) is 6.07 Å². The summed E-state index contributed by atoms with van der Waals surface area (Å²) >= 11 is 0. The molecule has 0 amide bonds. The molecule has 1 saturated carbocycles. The molecule has 94 valence electrons. The normalized spacial score (nSPS) is 25.1. The van der Waals surface area contributed by atoms with Gasteiger partial charge in [0, 0.05) is 6.61 Å². The van der Waals surface area contributed by atoms with Crippen LogP contribution in [0.4, 0.5) is 0 Å². The van der Waals surface area contributed by atoms with E-state index in [-0.39, 0.29) is 23.3 Å². The van der Waals surface area contributed by atoms with E-state index in [0.717, 1.165) is 24.8 Å². The molecule has 3 N–H and O–H groups in total. The molecule has 0 bridgehead atoms. The predicted octanol–water partition coefficient (Wildman–Crippen LogP) is 1.21. The van der Waals surface area contributed by atoms with Gasteiger partial charge in [0.2, 0.25) is 10.0 Å². The summed E-state index contributed by atoms with van der Waals surface area (Å²) in [5.41, 5.74) is 0.756. The molecular weight excluding hydrogens is 238 g/mol. The molecule has 5 heteroatoms. The molecule has 1 aliphatic carbocycles. The zero-order chi connectivity index (χ0) is 12.5. The molecule has 0 aliphatic heterocycles. The van der Waals surface area contributed by atoms with Gasteiger partial charge in [0.05, 0.1) is 4.90 Å². The highest BCUT2D eigenvalue weighted by molar-refractivity contribution is 7.89. The van der Waals surface area contributed by atoms with Gasteiger partial charge in [-0.15, -0.1) is 0 Å². The van der Waals surface area contributed by atoms with Crippen molar-refractivity contribution in [3.05, 3.63) is 29.8 Å². The summed E-state index contributed by atoms with van der Waals surface area (Å²) in [5.74, 6) is 0.257. The topological polar surface area (TPSA) is 80.4 Å². The average Bonchev–Trinajstić information content (AvgIpc) is 2.75. The number of rotatable bonds is 3. The molecule has 0 radical (unpaired) electrons. The number of benzene rings is 1. The van der Waals surface area contributed by atoms with Crippen molar-refractivity contribution in [2.75, 3.05) is 6.61 Å². The summed E-state index contributed by atoms with van der Waals surface area (Å²) < 4.78 is 23.0. The Morgan fingerprint density at radius 1 is 1.29 bits per heavy atom. The lowest BCUT2D eigenvalue weighted by Gasteiger charge is -2.20. The molecule has 1 aromatic carbocycles. The highest BCUT2D eigenvalue weighted by atomic mass is 32.2.